The molecule has 0 aromatic heterocycles. The molecule has 1 saturated heterocycles. The highest BCUT2D eigenvalue weighted by Gasteiger charge is 2.32. The van der Waals surface area contributed by atoms with E-state index >= 15 is 0 Å². The van der Waals surface area contributed by atoms with Gasteiger partial charge in [-0.15, -0.1) is 11.6 Å². The Balaban J connectivity index is 2.46. The number of benzene rings is 1. The van der Waals surface area contributed by atoms with Crippen LogP contribution in [0, 0.1) is 12.7 Å². The molecule has 1 heterocycles. The van der Waals surface area contributed by atoms with Crippen molar-refractivity contribution < 1.29 is 12.8 Å². The second kappa shape index (κ2) is 6.22. The van der Waals surface area contributed by atoms with Crippen molar-refractivity contribution >= 4 is 33.4 Å². The maximum absolute atomic E-state index is 13.8. The molecule has 0 saturated carbocycles. The van der Waals surface area contributed by atoms with Crippen LogP contribution in [0.4, 0.5) is 4.39 Å². The zero-order valence-corrected chi connectivity index (χ0v) is 13.8. The van der Waals surface area contributed by atoms with Crippen molar-refractivity contribution in [3.8, 4) is 0 Å². The third kappa shape index (κ3) is 2.98. The number of alkyl halides is 1. The van der Waals surface area contributed by atoms with Gasteiger partial charge in [0.2, 0.25) is 10.0 Å². The predicted octanol–water partition coefficient (Wildman–Crippen LogP) is 3.00. The highest BCUT2D eigenvalue weighted by molar-refractivity contribution is 7.99. The summed E-state index contributed by atoms with van der Waals surface area (Å²) < 4.78 is 40.6. The number of nitrogens with zero attached hydrogens (tertiary/aromatic N) is 1. The summed E-state index contributed by atoms with van der Waals surface area (Å²) in [6, 6.07) is 2.68. The van der Waals surface area contributed by atoms with Gasteiger partial charge in [-0.25, -0.2) is 12.8 Å². The maximum atomic E-state index is 13.8. The Kier molecular flexibility index (Phi) is 5.00. The van der Waals surface area contributed by atoms with Gasteiger partial charge in [-0.3, -0.25) is 0 Å². The average molecular weight is 338 g/mol. The Hall–Kier alpha value is -0.300. The summed E-state index contributed by atoms with van der Waals surface area (Å²) in [6.45, 7) is 3.93. The standard InChI is InChI=1S/C13H17ClFNO2S2/c1-9-5-12(6-11(7-14)13(9)15)20(17,18)16-3-4-19-8-10(16)2/h5-6,10H,3-4,7-8H2,1-2H3. The van der Waals surface area contributed by atoms with Crippen molar-refractivity contribution in [2.75, 3.05) is 18.1 Å². The van der Waals surface area contributed by atoms with Crippen molar-refractivity contribution in [1.82, 2.24) is 4.31 Å². The number of hydrogen-bond donors (Lipinski definition) is 0. The van der Waals surface area contributed by atoms with Crippen LogP contribution in [0.25, 0.3) is 0 Å². The zero-order chi connectivity index (χ0) is 14.9. The molecule has 0 N–H and O–H groups in total. The molecule has 1 aromatic carbocycles. The van der Waals surface area contributed by atoms with Crippen molar-refractivity contribution in [2.24, 2.45) is 0 Å². The number of sulfonamides is 1. The van der Waals surface area contributed by atoms with Gasteiger partial charge in [0.15, 0.2) is 0 Å². The molecule has 0 bridgehead atoms. The van der Waals surface area contributed by atoms with E-state index in [1.54, 1.807) is 18.7 Å². The molecule has 1 aliphatic rings. The molecular weight excluding hydrogens is 321 g/mol. The third-order valence-electron chi connectivity index (χ3n) is 3.36. The molecule has 1 unspecified atom stereocenters. The van der Waals surface area contributed by atoms with Crippen LogP contribution in [0.5, 0.6) is 0 Å². The smallest absolute Gasteiger partial charge is 0.207 e. The Morgan fingerprint density at radius 3 is 2.80 bits per heavy atom. The van der Waals surface area contributed by atoms with E-state index in [0.717, 1.165) is 11.5 Å². The number of rotatable bonds is 3. The van der Waals surface area contributed by atoms with E-state index < -0.39 is 15.8 Å². The summed E-state index contributed by atoms with van der Waals surface area (Å²) in [5, 5.41) is 0. The first kappa shape index (κ1) is 16.1. The van der Waals surface area contributed by atoms with Crippen LogP contribution in [0.2, 0.25) is 0 Å². The van der Waals surface area contributed by atoms with Crippen LogP contribution in [0.3, 0.4) is 0 Å². The Morgan fingerprint density at radius 1 is 1.50 bits per heavy atom. The molecular formula is C13H17ClFNO2S2. The molecule has 0 aliphatic carbocycles. The number of thioether (sulfide) groups is 1. The minimum Gasteiger partial charge on any atom is -0.207 e. The van der Waals surface area contributed by atoms with Gasteiger partial charge in [0.05, 0.1) is 10.8 Å². The quantitative estimate of drug-likeness (QED) is 0.796. The summed E-state index contributed by atoms with van der Waals surface area (Å²) >= 11 is 7.43. The number of halogens is 2. The zero-order valence-electron chi connectivity index (χ0n) is 11.4. The van der Waals surface area contributed by atoms with Crippen molar-refractivity contribution in [2.45, 2.75) is 30.7 Å². The fourth-order valence-electron chi connectivity index (χ4n) is 2.26. The minimum atomic E-state index is -3.59. The van der Waals surface area contributed by atoms with Gasteiger partial charge in [-0.1, -0.05) is 0 Å². The lowest BCUT2D eigenvalue weighted by molar-refractivity contribution is 0.367. The molecule has 0 amide bonds. The monoisotopic (exact) mass is 337 g/mol. The molecule has 1 aliphatic heterocycles. The molecule has 1 aromatic rings. The SMILES string of the molecule is Cc1cc(S(=O)(=O)N2CCSCC2C)cc(CCl)c1F. The van der Waals surface area contributed by atoms with E-state index in [1.807, 2.05) is 6.92 Å². The minimum absolute atomic E-state index is 0.0402. The summed E-state index contributed by atoms with van der Waals surface area (Å²) in [6.07, 6.45) is 0. The summed E-state index contributed by atoms with van der Waals surface area (Å²) in [7, 11) is -3.59. The van der Waals surface area contributed by atoms with Gasteiger partial charge in [0, 0.05) is 29.7 Å². The number of hydrogen-bond acceptors (Lipinski definition) is 3. The fraction of sp³-hybridized carbons (Fsp3) is 0.538. The first-order valence-electron chi connectivity index (χ1n) is 6.32. The Bertz CT molecular complexity index is 607. The maximum Gasteiger partial charge on any atom is 0.243 e. The highest BCUT2D eigenvalue weighted by Crippen LogP contribution is 2.27. The predicted molar refractivity (Wildman–Crippen MR) is 81.4 cm³/mol. The molecule has 3 nitrogen and oxygen atoms in total. The van der Waals surface area contributed by atoms with Crippen LogP contribution in [-0.2, 0) is 15.9 Å². The van der Waals surface area contributed by atoms with Crippen molar-refractivity contribution in [3.63, 3.8) is 0 Å². The van der Waals surface area contributed by atoms with E-state index in [0.29, 0.717) is 12.1 Å². The van der Waals surface area contributed by atoms with Crippen LogP contribution in [-0.4, -0.2) is 36.8 Å². The largest absolute Gasteiger partial charge is 0.243 e. The third-order valence-corrected chi connectivity index (χ3v) is 6.83. The topological polar surface area (TPSA) is 37.4 Å². The summed E-state index contributed by atoms with van der Waals surface area (Å²) in [5.41, 5.74) is 0.532. The second-order valence-corrected chi connectivity index (χ2v) is 8.19. The highest BCUT2D eigenvalue weighted by atomic mass is 35.5. The number of aryl methyl sites for hydroxylation is 1. The van der Waals surface area contributed by atoms with Gasteiger partial charge in [0.25, 0.3) is 0 Å². The van der Waals surface area contributed by atoms with Crippen LogP contribution in [0.15, 0.2) is 17.0 Å². The van der Waals surface area contributed by atoms with E-state index in [2.05, 4.69) is 0 Å². The van der Waals surface area contributed by atoms with Crippen LogP contribution >= 0.6 is 23.4 Å². The molecule has 2 rings (SSSR count). The van der Waals surface area contributed by atoms with E-state index in [-0.39, 0.29) is 22.4 Å². The molecule has 7 heteroatoms. The Morgan fingerprint density at radius 2 is 2.20 bits per heavy atom. The first-order valence-corrected chi connectivity index (χ1v) is 9.45. The van der Waals surface area contributed by atoms with Gasteiger partial charge in [-0.2, -0.15) is 16.1 Å². The van der Waals surface area contributed by atoms with Crippen molar-refractivity contribution in [1.29, 1.82) is 0 Å². The molecule has 0 spiro atoms. The fourth-order valence-corrected chi connectivity index (χ4v) is 5.44. The van der Waals surface area contributed by atoms with E-state index in [4.69, 9.17) is 11.6 Å². The molecule has 1 atom stereocenters. The first-order chi connectivity index (χ1) is 9.37. The van der Waals surface area contributed by atoms with Gasteiger partial charge < -0.3 is 0 Å². The summed E-state index contributed by atoms with van der Waals surface area (Å²) in [5.74, 6) is 1.09. The van der Waals surface area contributed by atoms with Crippen LogP contribution in [0.1, 0.15) is 18.1 Å². The molecule has 20 heavy (non-hydrogen) atoms. The average Bonchev–Trinajstić information content (AvgIpc) is 2.41. The Labute approximate surface area is 128 Å². The molecule has 1 fully saturated rings. The normalized spacial score (nSPS) is 21.1. The van der Waals surface area contributed by atoms with Gasteiger partial charge in [0.1, 0.15) is 5.82 Å². The second-order valence-electron chi connectivity index (χ2n) is 4.89. The lowest BCUT2D eigenvalue weighted by Crippen LogP contribution is -2.44. The molecule has 112 valence electrons. The van der Waals surface area contributed by atoms with Gasteiger partial charge in [-0.05, 0) is 31.5 Å². The lowest BCUT2D eigenvalue weighted by atomic mass is 10.1. The van der Waals surface area contributed by atoms with E-state index in [1.165, 1.54) is 16.4 Å². The van der Waals surface area contributed by atoms with Crippen LogP contribution < -0.4 is 0 Å². The molecule has 0 radical (unpaired) electrons. The summed E-state index contributed by atoms with van der Waals surface area (Å²) in [4.78, 5) is 0.130. The van der Waals surface area contributed by atoms with E-state index in [9.17, 15) is 12.8 Å². The van der Waals surface area contributed by atoms with Gasteiger partial charge >= 0.3 is 0 Å². The lowest BCUT2D eigenvalue weighted by Gasteiger charge is -2.32. The van der Waals surface area contributed by atoms with Crippen molar-refractivity contribution in [3.05, 3.63) is 29.1 Å².